The molecular formula is C11H15BF3NO2S. The van der Waals surface area contributed by atoms with E-state index in [0.29, 0.717) is 4.78 Å². The van der Waals surface area contributed by atoms with Crippen LogP contribution in [0.4, 0.5) is 13.2 Å². The topological polar surface area (TPSA) is 31.4 Å². The van der Waals surface area contributed by atoms with Gasteiger partial charge in [0.05, 0.1) is 22.4 Å². The Morgan fingerprint density at radius 2 is 1.74 bits per heavy atom. The first-order valence-electron chi connectivity index (χ1n) is 5.87. The number of hydrogen-bond donors (Lipinski definition) is 0. The van der Waals surface area contributed by atoms with Gasteiger partial charge >= 0.3 is 13.3 Å². The monoisotopic (exact) mass is 293 g/mol. The Bertz CT molecular complexity index is 457. The van der Waals surface area contributed by atoms with Gasteiger partial charge in [-0.25, -0.2) is 4.98 Å². The SMILES string of the molecule is CC1(C)OB(c2cnc(CC(F)(F)F)s2)OC1(C)C. The fourth-order valence-corrected chi connectivity index (χ4v) is 2.56. The standard InChI is InChI=1S/C11H15BF3NO2S/c1-9(2)10(3,4)18-12(17-9)7-6-16-8(19-7)5-11(13,14)15/h6H,5H2,1-4H3. The lowest BCUT2D eigenvalue weighted by Gasteiger charge is -2.32. The lowest BCUT2D eigenvalue weighted by atomic mass is 9.89. The summed E-state index contributed by atoms with van der Waals surface area (Å²) in [5.41, 5.74) is -1.02. The molecule has 1 saturated heterocycles. The van der Waals surface area contributed by atoms with Crippen LogP contribution in [0, 0.1) is 0 Å². The summed E-state index contributed by atoms with van der Waals surface area (Å²) in [6.45, 7) is 7.57. The lowest BCUT2D eigenvalue weighted by Crippen LogP contribution is -2.41. The molecule has 0 atom stereocenters. The van der Waals surface area contributed by atoms with E-state index in [2.05, 4.69) is 4.98 Å². The van der Waals surface area contributed by atoms with Crippen LogP contribution < -0.4 is 4.78 Å². The third-order valence-electron chi connectivity index (χ3n) is 3.41. The van der Waals surface area contributed by atoms with Crippen LogP contribution in [0.15, 0.2) is 6.20 Å². The Morgan fingerprint density at radius 3 is 2.21 bits per heavy atom. The van der Waals surface area contributed by atoms with E-state index in [1.807, 2.05) is 27.7 Å². The second kappa shape index (κ2) is 4.46. The van der Waals surface area contributed by atoms with Crippen LogP contribution in [0.2, 0.25) is 0 Å². The zero-order valence-electron chi connectivity index (χ0n) is 11.2. The maximum atomic E-state index is 12.3. The van der Waals surface area contributed by atoms with Gasteiger partial charge in [0.15, 0.2) is 0 Å². The van der Waals surface area contributed by atoms with Crippen LogP contribution in [0.25, 0.3) is 0 Å². The van der Waals surface area contributed by atoms with Crippen molar-refractivity contribution < 1.29 is 22.5 Å². The molecule has 0 saturated carbocycles. The molecule has 0 aliphatic carbocycles. The molecule has 0 N–H and O–H groups in total. The van der Waals surface area contributed by atoms with E-state index in [1.165, 1.54) is 6.20 Å². The van der Waals surface area contributed by atoms with Gasteiger partial charge in [0, 0.05) is 6.20 Å². The van der Waals surface area contributed by atoms with E-state index >= 15 is 0 Å². The third kappa shape index (κ3) is 3.12. The van der Waals surface area contributed by atoms with Crippen LogP contribution in [-0.4, -0.2) is 29.5 Å². The van der Waals surface area contributed by atoms with Crippen LogP contribution in [0.3, 0.4) is 0 Å². The number of hydrogen-bond acceptors (Lipinski definition) is 4. The van der Waals surface area contributed by atoms with Crippen LogP contribution >= 0.6 is 11.3 Å². The number of alkyl halides is 3. The van der Waals surface area contributed by atoms with Gasteiger partial charge in [-0.3, -0.25) is 0 Å². The largest absolute Gasteiger partial charge is 0.507 e. The molecule has 19 heavy (non-hydrogen) atoms. The second-order valence-electron chi connectivity index (χ2n) is 5.54. The van der Waals surface area contributed by atoms with Crippen molar-refractivity contribution >= 4 is 23.2 Å². The van der Waals surface area contributed by atoms with Gasteiger partial charge in [0.25, 0.3) is 0 Å². The maximum absolute atomic E-state index is 12.3. The lowest BCUT2D eigenvalue weighted by molar-refractivity contribution is -0.127. The summed E-state index contributed by atoms with van der Waals surface area (Å²) in [5.74, 6) is 0. The van der Waals surface area contributed by atoms with Gasteiger partial charge in [0.1, 0.15) is 5.01 Å². The molecule has 0 radical (unpaired) electrons. The van der Waals surface area contributed by atoms with Gasteiger partial charge < -0.3 is 9.31 Å². The van der Waals surface area contributed by atoms with Gasteiger partial charge in [-0.1, -0.05) is 0 Å². The fraction of sp³-hybridized carbons (Fsp3) is 0.727. The smallest absolute Gasteiger partial charge is 0.399 e. The van der Waals surface area contributed by atoms with Gasteiger partial charge in [-0.15, -0.1) is 11.3 Å². The molecule has 1 fully saturated rings. The normalized spacial score (nSPS) is 21.9. The maximum Gasteiger partial charge on any atom is 0.507 e. The van der Waals surface area contributed by atoms with Gasteiger partial charge in [-0.2, -0.15) is 13.2 Å². The highest BCUT2D eigenvalue weighted by molar-refractivity contribution is 7.22. The Hall–Kier alpha value is -0.595. The molecule has 0 spiro atoms. The molecule has 8 heteroatoms. The summed E-state index contributed by atoms with van der Waals surface area (Å²) in [4.78, 5) is 3.78. The first-order valence-corrected chi connectivity index (χ1v) is 6.69. The number of nitrogens with zero attached hydrogens (tertiary/aromatic N) is 1. The van der Waals surface area contributed by atoms with Crippen molar-refractivity contribution in [2.45, 2.75) is 51.5 Å². The van der Waals surface area contributed by atoms with Crippen molar-refractivity contribution in [2.75, 3.05) is 0 Å². The molecule has 2 heterocycles. The molecule has 1 aliphatic rings. The molecule has 0 unspecified atom stereocenters. The van der Waals surface area contributed by atoms with Crippen molar-refractivity contribution in [2.24, 2.45) is 0 Å². The predicted molar refractivity (Wildman–Crippen MR) is 67.6 cm³/mol. The average molecular weight is 293 g/mol. The summed E-state index contributed by atoms with van der Waals surface area (Å²) in [7, 11) is -0.649. The zero-order valence-corrected chi connectivity index (χ0v) is 12.0. The molecule has 1 aliphatic heterocycles. The van der Waals surface area contributed by atoms with Gasteiger partial charge in [-0.05, 0) is 27.7 Å². The summed E-state index contributed by atoms with van der Waals surface area (Å²) in [6, 6.07) is 0. The Kier molecular flexibility index (Phi) is 3.48. The molecule has 0 bridgehead atoms. The highest BCUT2D eigenvalue weighted by Crippen LogP contribution is 2.37. The highest BCUT2D eigenvalue weighted by atomic mass is 32.1. The minimum absolute atomic E-state index is 0.0252. The number of rotatable bonds is 2. The van der Waals surface area contributed by atoms with Crippen molar-refractivity contribution in [3.8, 4) is 0 Å². The summed E-state index contributed by atoms with van der Waals surface area (Å²) in [6.07, 6.45) is -3.86. The molecule has 0 amide bonds. The number of thiazole rings is 1. The summed E-state index contributed by atoms with van der Waals surface area (Å²) >= 11 is 0.977. The van der Waals surface area contributed by atoms with Crippen LogP contribution in [-0.2, 0) is 15.7 Å². The van der Waals surface area contributed by atoms with E-state index in [9.17, 15) is 13.2 Å². The molecule has 1 aromatic heterocycles. The number of halogens is 3. The Balaban J connectivity index is 2.13. The molecule has 0 aromatic carbocycles. The van der Waals surface area contributed by atoms with E-state index in [0.717, 1.165) is 11.3 Å². The predicted octanol–water partition coefficient (Wildman–Crippen LogP) is 2.55. The molecule has 106 valence electrons. The third-order valence-corrected chi connectivity index (χ3v) is 4.43. The second-order valence-corrected chi connectivity index (χ2v) is 6.68. The minimum atomic E-state index is -4.24. The highest BCUT2D eigenvalue weighted by Gasteiger charge is 2.52. The molecule has 3 nitrogen and oxygen atoms in total. The number of aromatic nitrogens is 1. The quantitative estimate of drug-likeness (QED) is 0.785. The molecule has 2 rings (SSSR count). The van der Waals surface area contributed by atoms with Crippen molar-refractivity contribution in [3.63, 3.8) is 0 Å². The fourth-order valence-electron chi connectivity index (χ4n) is 1.65. The zero-order chi connectivity index (χ0) is 14.5. The average Bonchev–Trinajstić information content (AvgIpc) is 2.68. The summed E-state index contributed by atoms with van der Waals surface area (Å²) in [5, 5.41) is 0.0252. The van der Waals surface area contributed by atoms with E-state index in [4.69, 9.17) is 9.31 Å². The molecular weight excluding hydrogens is 278 g/mol. The Morgan fingerprint density at radius 1 is 1.21 bits per heavy atom. The van der Waals surface area contributed by atoms with E-state index < -0.39 is 30.9 Å². The van der Waals surface area contributed by atoms with Crippen LogP contribution in [0.1, 0.15) is 32.7 Å². The first-order chi connectivity index (χ1) is 8.50. The van der Waals surface area contributed by atoms with E-state index in [-0.39, 0.29) is 5.01 Å². The van der Waals surface area contributed by atoms with Crippen molar-refractivity contribution in [3.05, 3.63) is 11.2 Å². The Labute approximate surface area is 114 Å². The van der Waals surface area contributed by atoms with Gasteiger partial charge in [0.2, 0.25) is 0 Å². The van der Waals surface area contributed by atoms with E-state index in [1.54, 1.807) is 0 Å². The first kappa shape index (κ1) is 14.8. The minimum Gasteiger partial charge on any atom is -0.399 e. The van der Waals surface area contributed by atoms with Crippen LogP contribution in [0.5, 0.6) is 0 Å². The van der Waals surface area contributed by atoms with Crippen molar-refractivity contribution in [1.29, 1.82) is 0 Å². The van der Waals surface area contributed by atoms with Crippen molar-refractivity contribution in [1.82, 2.24) is 4.98 Å². The molecule has 1 aromatic rings. The summed E-state index contributed by atoms with van der Waals surface area (Å²) < 4.78 is 48.9.